The Bertz CT molecular complexity index is 1980. The van der Waals surface area contributed by atoms with Crippen LogP contribution in [0.1, 0.15) is 49.8 Å². The lowest BCUT2D eigenvalue weighted by atomic mass is 9.88. The number of aryl methyl sites for hydroxylation is 1. The second-order valence-corrected chi connectivity index (χ2v) is 16.6. The first-order valence-corrected chi connectivity index (χ1v) is 19.5. The molecule has 0 unspecified atom stereocenters. The van der Waals surface area contributed by atoms with Gasteiger partial charge in [-0.1, -0.05) is 6.92 Å². The van der Waals surface area contributed by atoms with Crippen molar-refractivity contribution in [2.24, 2.45) is 0 Å². The molecule has 0 saturated carbocycles. The Labute approximate surface area is 281 Å². The average molecular weight is 669 g/mol. The fourth-order valence-electron chi connectivity index (χ4n) is 7.34. The monoisotopic (exact) mass is 668 g/mol. The first kappa shape index (κ1) is 32.4. The van der Waals surface area contributed by atoms with E-state index in [0.29, 0.717) is 63.0 Å². The predicted octanol–water partition coefficient (Wildman–Crippen LogP) is 5.88. The molecule has 0 aliphatic carbocycles. The van der Waals surface area contributed by atoms with Gasteiger partial charge in [-0.15, -0.1) is 0 Å². The second kappa shape index (κ2) is 13.4. The van der Waals surface area contributed by atoms with Gasteiger partial charge in [-0.25, -0.2) is 4.98 Å². The summed E-state index contributed by atoms with van der Waals surface area (Å²) in [6.07, 6.45) is 10.7. The number of nitrogens with one attached hydrogen (secondary N) is 3. The molecule has 48 heavy (non-hydrogen) atoms. The minimum atomic E-state index is -2.76. The molecule has 0 amide bonds. The maximum absolute atomic E-state index is 13.6. The van der Waals surface area contributed by atoms with Crippen LogP contribution in [0.3, 0.4) is 0 Å². The zero-order valence-electron chi connectivity index (χ0n) is 28.5. The smallest absolute Gasteiger partial charge is 0.237 e. The van der Waals surface area contributed by atoms with Gasteiger partial charge in [0.2, 0.25) is 11.8 Å². The van der Waals surface area contributed by atoms with E-state index in [-0.39, 0.29) is 0 Å². The van der Waals surface area contributed by atoms with Crippen molar-refractivity contribution in [1.29, 1.82) is 0 Å². The van der Waals surface area contributed by atoms with Gasteiger partial charge in [0.15, 0.2) is 0 Å². The number of H-pyrrole nitrogens is 1. The summed E-state index contributed by atoms with van der Waals surface area (Å²) in [6, 6.07) is 8.53. The number of piperidine rings is 2. The number of benzene rings is 1. The van der Waals surface area contributed by atoms with Crippen molar-refractivity contribution in [2.75, 3.05) is 64.3 Å². The maximum atomic E-state index is 13.6. The lowest BCUT2D eigenvalue weighted by Gasteiger charge is -2.41. The van der Waals surface area contributed by atoms with Gasteiger partial charge >= 0.3 is 0 Å². The minimum Gasteiger partial charge on any atom is -0.480 e. The maximum Gasteiger partial charge on any atom is 0.237 e. The first-order valence-electron chi connectivity index (χ1n) is 16.9. The van der Waals surface area contributed by atoms with Gasteiger partial charge in [-0.3, -0.25) is 9.97 Å². The van der Waals surface area contributed by atoms with Crippen molar-refractivity contribution in [3.8, 4) is 5.88 Å². The van der Waals surface area contributed by atoms with Crippen LogP contribution in [-0.4, -0.2) is 99.4 Å². The summed E-state index contributed by atoms with van der Waals surface area (Å²) in [5.41, 5.74) is 5.69. The van der Waals surface area contributed by atoms with E-state index in [4.69, 9.17) is 19.7 Å². The van der Waals surface area contributed by atoms with Crippen LogP contribution in [0.4, 0.5) is 23.1 Å². The van der Waals surface area contributed by atoms with Crippen LogP contribution in [0.5, 0.6) is 5.88 Å². The van der Waals surface area contributed by atoms with E-state index in [1.54, 1.807) is 32.8 Å². The molecule has 2 saturated heterocycles. The number of hydrogen-bond donors (Lipinski definition) is 3. The number of ether oxygens (including phenoxy) is 1. The van der Waals surface area contributed by atoms with Gasteiger partial charge in [0.1, 0.15) is 29.8 Å². The summed E-state index contributed by atoms with van der Waals surface area (Å²) in [6.45, 7) is 10.3. The fraction of sp³-hybridized carbons (Fsp3) is 0.457. The zero-order valence-corrected chi connectivity index (χ0v) is 29.3. The number of nitrogens with zero attached hydrogens (tertiary/aromatic N) is 7. The van der Waals surface area contributed by atoms with E-state index in [1.807, 2.05) is 24.4 Å². The predicted molar refractivity (Wildman–Crippen MR) is 193 cm³/mol. The van der Waals surface area contributed by atoms with Gasteiger partial charge in [0, 0.05) is 30.6 Å². The molecule has 7 rings (SSSR count). The Kier molecular flexibility index (Phi) is 9.06. The number of anilines is 4. The van der Waals surface area contributed by atoms with Crippen LogP contribution < -0.4 is 20.7 Å². The molecular formula is C35H45N10O2P. The summed E-state index contributed by atoms with van der Waals surface area (Å²) < 4.78 is 19.4. The van der Waals surface area contributed by atoms with E-state index in [1.165, 1.54) is 31.5 Å². The Morgan fingerprint density at radius 2 is 1.73 bits per heavy atom. The van der Waals surface area contributed by atoms with Gasteiger partial charge in [0.05, 0.1) is 34.7 Å². The van der Waals surface area contributed by atoms with Gasteiger partial charge in [-0.05, 0) is 108 Å². The van der Waals surface area contributed by atoms with E-state index < -0.39 is 7.14 Å². The van der Waals surface area contributed by atoms with Crippen molar-refractivity contribution < 1.29 is 9.30 Å². The van der Waals surface area contributed by atoms with E-state index in [2.05, 4.69) is 55.4 Å². The molecule has 252 valence electrons. The number of rotatable bonds is 9. The molecular weight excluding hydrogens is 623 g/mol. The van der Waals surface area contributed by atoms with Crippen LogP contribution in [-0.2, 0) is 11.0 Å². The molecule has 5 aromatic rings. The van der Waals surface area contributed by atoms with E-state index in [0.717, 1.165) is 43.4 Å². The number of likely N-dealkylation sites (tertiary alicyclic amines) is 2. The molecule has 1 aromatic carbocycles. The minimum absolute atomic E-state index is 0.382. The largest absolute Gasteiger partial charge is 0.480 e. The third-order valence-electron chi connectivity index (χ3n) is 9.86. The summed E-state index contributed by atoms with van der Waals surface area (Å²) in [5, 5.41) is 8.30. The van der Waals surface area contributed by atoms with Crippen LogP contribution in [0, 0.1) is 0 Å². The molecule has 0 bridgehead atoms. The molecule has 3 N–H and O–H groups in total. The Hall–Kier alpha value is -4.12. The number of fused-ring (bicyclic) bond motifs is 2. The highest BCUT2D eigenvalue weighted by Gasteiger charge is 2.30. The Morgan fingerprint density at radius 1 is 0.958 bits per heavy atom. The first-order chi connectivity index (χ1) is 23.2. The van der Waals surface area contributed by atoms with Crippen molar-refractivity contribution in [3.05, 3.63) is 54.1 Å². The van der Waals surface area contributed by atoms with E-state index >= 15 is 0 Å². The highest BCUT2D eigenvalue weighted by molar-refractivity contribution is 7.71. The van der Waals surface area contributed by atoms with Crippen molar-refractivity contribution in [3.63, 3.8) is 0 Å². The molecule has 4 aromatic heterocycles. The Morgan fingerprint density at radius 3 is 2.46 bits per heavy atom. The van der Waals surface area contributed by atoms with Crippen molar-refractivity contribution in [1.82, 2.24) is 39.7 Å². The van der Waals surface area contributed by atoms with Crippen LogP contribution in [0.25, 0.3) is 22.1 Å². The quantitative estimate of drug-likeness (QED) is 0.163. The Balaban J connectivity index is 1.16. The number of aromatic amines is 1. The van der Waals surface area contributed by atoms with Crippen LogP contribution >= 0.6 is 7.14 Å². The van der Waals surface area contributed by atoms with Crippen LogP contribution in [0.2, 0.25) is 0 Å². The molecule has 0 spiro atoms. The standard InChI is InChI=1S/C35H45N10O2P/c1-6-22-21-28(34(47-3)41-29(22)23-10-19-45(20-11-23)24-12-17-44(2)18-13-24)40-35-42-32-25(9-14-38-32)33(43-35)39-27-8-7-26-30(37-16-15-36-26)31(27)48(4,5)46/h7-9,14-16,21,23-24H,6,10-13,17-20H2,1-5H3,(H3,38,39,40,42,43). The normalized spacial score (nSPS) is 17.3. The van der Waals surface area contributed by atoms with Gasteiger partial charge in [0.25, 0.3) is 0 Å². The molecule has 0 radical (unpaired) electrons. The molecule has 2 fully saturated rings. The average Bonchev–Trinajstić information content (AvgIpc) is 3.57. The van der Waals surface area contributed by atoms with Gasteiger partial charge in [-0.2, -0.15) is 9.97 Å². The highest BCUT2D eigenvalue weighted by atomic mass is 31.2. The third kappa shape index (κ3) is 6.49. The van der Waals surface area contributed by atoms with E-state index in [9.17, 15) is 4.57 Å². The molecule has 2 aliphatic rings. The lowest BCUT2D eigenvalue weighted by molar-refractivity contribution is 0.0960. The number of aromatic nitrogens is 6. The van der Waals surface area contributed by atoms with Crippen molar-refractivity contribution >= 4 is 57.7 Å². The number of methoxy groups -OCH3 is 1. The fourth-order valence-corrected chi connectivity index (χ4v) is 8.73. The number of pyridine rings is 1. The third-order valence-corrected chi connectivity index (χ3v) is 11.4. The topological polar surface area (TPSA) is 137 Å². The molecule has 12 nitrogen and oxygen atoms in total. The summed E-state index contributed by atoms with van der Waals surface area (Å²) in [5.74, 6) is 1.88. The van der Waals surface area contributed by atoms with Crippen molar-refractivity contribution in [2.45, 2.75) is 51.0 Å². The molecule has 13 heteroatoms. The summed E-state index contributed by atoms with van der Waals surface area (Å²) in [7, 11) is 1.12. The SMILES string of the molecule is CCc1cc(Nc2nc(Nc3ccc4nccnc4c3P(C)(C)=O)c3cc[nH]c3n2)c(OC)nc1C1CCN(C2CCN(C)CC2)CC1. The summed E-state index contributed by atoms with van der Waals surface area (Å²) in [4.78, 5) is 32.1. The van der Waals surface area contributed by atoms with Gasteiger partial charge < -0.3 is 34.7 Å². The highest BCUT2D eigenvalue weighted by Crippen LogP contribution is 2.42. The zero-order chi connectivity index (χ0) is 33.4. The lowest BCUT2D eigenvalue weighted by Crippen LogP contribution is -2.46. The molecule has 6 heterocycles. The molecule has 2 aliphatic heterocycles. The van der Waals surface area contributed by atoms with Crippen LogP contribution in [0.15, 0.2) is 42.9 Å². The number of hydrogen-bond acceptors (Lipinski definition) is 11. The molecule has 0 atom stereocenters. The summed E-state index contributed by atoms with van der Waals surface area (Å²) >= 11 is 0. The second-order valence-electron chi connectivity index (χ2n) is 13.4.